The zero-order valence-corrected chi connectivity index (χ0v) is 9.89. The van der Waals surface area contributed by atoms with E-state index in [-0.39, 0.29) is 0 Å². The second kappa shape index (κ2) is 5.41. The molecule has 1 aromatic carbocycles. The maximum absolute atomic E-state index is 11.0. The first-order valence-corrected chi connectivity index (χ1v) is 6.01. The second-order valence-electron chi connectivity index (χ2n) is 3.54. The van der Waals surface area contributed by atoms with Crippen molar-refractivity contribution in [3.8, 4) is 0 Å². The Morgan fingerprint density at radius 1 is 1.18 bits per heavy atom. The van der Waals surface area contributed by atoms with E-state index in [1.165, 1.54) is 11.3 Å². The van der Waals surface area contributed by atoms with Gasteiger partial charge in [-0.05, 0) is 11.6 Å². The van der Waals surface area contributed by atoms with Crippen molar-refractivity contribution in [1.82, 2.24) is 0 Å². The number of aldehydes is 1. The second-order valence-corrected chi connectivity index (χ2v) is 4.49. The SMILES string of the molecule is O=Cc1cc(N(C=O)Cc2ccccc2)cs1. The molecular weight excluding hydrogens is 234 g/mol. The molecule has 0 N–H and O–H groups in total. The summed E-state index contributed by atoms with van der Waals surface area (Å²) >= 11 is 1.34. The largest absolute Gasteiger partial charge is 0.310 e. The fourth-order valence-corrected chi connectivity index (χ4v) is 2.23. The van der Waals surface area contributed by atoms with Gasteiger partial charge in [-0.15, -0.1) is 11.3 Å². The van der Waals surface area contributed by atoms with E-state index < -0.39 is 0 Å². The minimum atomic E-state index is 0.513. The van der Waals surface area contributed by atoms with Crippen LogP contribution in [0.25, 0.3) is 0 Å². The van der Waals surface area contributed by atoms with Crippen LogP contribution in [0, 0.1) is 0 Å². The average molecular weight is 245 g/mol. The Kier molecular flexibility index (Phi) is 3.67. The highest BCUT2D eigenvalue weighted by atomic mass is 32.1. The molecule has 0 spiro atoms. The molecule has 1 heterocycles. The van der Waals surface area contributed by atoms with Gasteiger partial charge in [0.05, 0.1) is 17.1 Å². The summed E-state index contributed by atoms with van der Waals surface area (Å²) in [6.07, 6.45) is 1.57. The van der Waals surface area contributed by atoms with Crippen LogP contribution >= 0.6 is 11.3 Å². The van der Waals surface area contributed by atoms with Crippen molar-refractivity contribution in [3.63, 3.8) is 0 Å². The number of carbonyl (C=O) groups is 2. The van der Waals surface area contributed by atoms with E-state index in [0.29, 0.717) is 11.4 Å². The Bertz CT molecular complexity index is 507. The van der Waals surface area contributed by atoms with Crippen molar-refractivity contribution >= 4 is 29.7 Å². The molecule has 0 aliphatic heterocycles. The minimum absolute atomic E-state index is 0.513. The van der Waals surface area contributed by atoms with E-state index in [2.05, 4.69) is 0 Å². The Labute approximate surface area is 103 Å². The quantitative estimate of drug-likeness (QED) is 0.759. The highest BCUT2D eigenvalue weighted by Gasteiger charge is 2.08. The molecule has 0 radical (unpaired) electrons. The van der Waals surface area contributed by atoms with E-state index >= 15 is 0 Å². The molecule has 0 saturated heterocycles. The van der Waals surface area contributed by atoms with Gasteiger partial charge in [-0.1, -0.05) is 30.3 Å². The van der Waals surface area contributed by atoms with Crippen molar-refractivity contribution in [2.45, 2.75) is 6.54 Å². The summed E-state index contributed by atoms with van der Waals surface area (Å²) < 4.78 is 0. The molecule has 0 aliphatic rings. The van der Waals surface area contributed by atoms with Crippen LogP contribution < -0.4 is 4.90 Å². The maximum atomic E-state index is 11.0. The van der Waals surface area contributed by atoms with Crippen LogP contribution in [-0.2, 0) is 11.3 Å². The number of hydrogen-bond acceptors (Lipinski definition) is 3. The summed E-state index contributed by atoms with van der Waals surface area (Å²) in [6.45, 7) is 0.513. The number of hydrogen-bond donors (Lipinski definition) is 0. The van der Waals surface area contributed by atoms with E-state index in [9.17, 15) is 9.59 Å². The molecule has 0 fully saturated rings. The number of rotatable bonds is 5. The van der Waals surface area contributed by atoms with Gasteiger partial charge in [-0.25, -0.2) is 0 Å². The third-order valence-electron chi connectivity index (χ3n) is 2.38. The van der Waals surface area contributed by atoms with E-state index in [0.717, 1.165) is 23.9 Å². The van der Waals surface area contributed by atoms with Crippen molar-refractivity contribution in [1.29, 1.82) is 0 Å². The Balaban J connectivity index is 2.16. The van der Waals surface area contributed by atoms with Crippen molar-refractivity contribution in [2.24, 2.45) is 0 Å². The third-order valence-corrected chi connectivity index (χ3v) is 3.22. The van der Waals surface area contributed by atoms with Gasteiger partial charge in [0.15, 0.2) is 6.29 Å². The predicted molar refractivity (Wildman–Crippen MR) is 68.4 cm³/mol. The normalized spacial score (nSPS) is 9.88. The number of amides is 1. The smallest absolute Gasteiger partial charge is 0.214 e. The first-order chi connectivity index (χ1) is 8.33. The summed E-state index contributed by atoms with van der Waals surface area (Å²) in [6, 6.07) is 11.4. The standard InChI is InChI=1S/C13H11NO2S/c15-8-13-6-12(9-17-13)14(10-16)7-11-4-2-1-3-5-11/h1-6,8-10H,7H2. The molecule has 0 atom stereocenters. The van der Waals surface area contributed by atoms with Gasteiger partial charge in [0, 0.05) is 5.38 Å². The van der Waals surface area contributed by atoms with Crippen LogP contribution in [0.4, 0.5) is 5.69 Å². The number of benzene rings is 1. The lowest BCUT2D eigenvalue weighted by Gasteiger charge is -2.15. The summed E-state index contributed by atoms with van der Waals surface area (Å²) in [5.41, 5.74) is 1.81. The van der Waals surface area contributed by atoms with Gasteiger partial charge < -0.3 is 4.90 Å². The lowest BCUT2D eigenvalue weighted by atomic mass is 10.2. The molecule has 2 rings (SSSR count). The number of anilines is 1. The van der Waals surface area contributed by atoms with Crippen LogP contribution in [0.1, 0.15) is 15.2 Å². The lowest BCUT2D eigenvalue weighted by Crippen LogP contribution is -2.19. The topological polar surface area (TPSA) is 37.4 Å². The molecule has 0 saturated carbocycles. The number of nitrogens with zero attached hydrogens (tertiary/aromatic N) is 1. The summed E-state index contributed by atoms with van der Waals surface area (Å²) in [7, 11) is 0. The summed E-state index contributed by atoms with van der Waals surface area (Å²) in [5.74, 6) is 0. The van der Waals surface area contributed by atoms with Crippen LogP contribution in [0.2, 0.25) is 0 Å². The highest BCUT2D eigenvalue weighted by Crippen LogP contribution is 2.22. The Morgan fingerprint density at radius 2 is 1.94 bits per heavy atom. The molecule has 1 amide bonds. The predicted octanol–water partition coefficient (Wildman–Crippen LogP) is 2.72. The van der Waals surface area contributed by atoms with Crippen LogP contribution in [0.15, 0.2) is 41.8 Å². The first-order valence-electron chi connectivity index (χ1n) is 5.13. The number of thiophene rings is 1. The van der Waals surface area contributed by atoms with Gasteiger partial charge >= 0.3 is 0 Å². The maximum Gasteiger partial charge on any atom is 0.214 e. The van der Waals surface area contributed by atoms with Gasteiger partial charge in [0.2, 0.25) is 6.41 Å². The fraction of sp³-hybridized carbons (Fsp3) is 0.0769. The van der Waals surface area contributed by atoms with E-state index in [4.69, 9.17) is 0 Å². The van der Waals surface area contributed by atoms with Crippen LogP contribution in [0.5, 0.6) is 0 Å². The monoisotopic (exact) mass is 245 g/mol. The summed E-state index contributed by atoms with van der Waals surface area (Å²) in [4.78, 5) is 23.8. The van der Waals surface area contributed by atoms with Gasteiger partial charge in [-0.2, -0.15) is 0 Å². The zero-order chi connectivity index (χ0) is 12.1. The van der Waals surface area contributed by atoms with Crippen molar-refractivity contribution < 1.29 is 9.59 Å². The van der Waals surface area contributed by atoms with Gasteiger partial charge in [0.1, 0.15) is 0 Å². The Morgan fingerprint density at radius 3 is 2.53 bits per heavy atom. The van der Waals surface area contributed by atoms with Crippen molar-refractivity contribution in [3.05, 3.63) is 52.2 Å². The van der Waals surface area contributed by atoms with E-state index in [1.807, 2.05) is 30.3 Å². The molecule has 0 aliphatic carbocycles. The molecule has 17 heavy (non-hydrogen) atoms. The molecule has 4 heteroatoms. The van der Waals surface area contributed by atoms with Crippen LogP contribution in [-0.4, -0.2) is 12.7 Å². The van der Waals surface area contributed by atoms with Gasteiger partial charge in [-0.3, -0.25) is 9.59 Å². The van der Waals surface area contributed by atoms with E-state index in [1.54, 1.807) is 16.3 Å². The van der Waals surface area contributed by atoms with Crippen molar-refractivity contribution in [2.75, 3.05) is 4.90 Å². The number of carbonyl (C=O) groups excluding carboxylic acids is 2. The zero-order valence-electron chi connectivity index (χ0n) is 9.08. The summed E-state index contributed by atoms with van der Waals surface area (Å²) in [5, 5.41) is 1.81. The average Bonchev–Trinajstić information content (AvgIpc) is 2.86. The third kappa shape index (κ3) is 2.79. The van der Waals surface area contributed by atoms with Crippen LogP contribution in [0.3, 0.4) is 0 Å². The fourth-order valence-electron chi connectivity index (χ4n) is 1.52. The molecule has 2 aromatic rings. The molecule has 0 unspecified atom stereocenters. The molecule has 1 aromatic heterocycles. The first kappa shape index (κ1) is 11.5. The molecule has 3 nitrogen and oxygen atoms in total. The highest BCUT2D eigenvalue weighted by molar-refractivity contribution is 7.12. The Hall–Kier alpha value is -1.94. The van der Waals surface area contributed by atoms with Gasteiger partial charge in [0.25, 0.3) is 0 Å². The molecule has 0 bridgehead atoms. The molecular formula is C13H11NO2S. The minimum Gasteiger partial charge on any atom is -0.310 e. The molecule has 86 valence electrons. The lowest BCUT2D eigenvalue weighted by molar-refractivity contribution is -0.107.